The maximum absolute atomic E-state index is 9.58. The van der Waals surface area contributed by atoms with E-state index in [1.807, 2.05) is 0 Å². The zero-order valence-electron chi connectivity index (χ0n) is 13.2. The van der Waals surface area contributed by atoms with E-state index >= 15 is 0 Å². The number of methoxy groups -OCH3 is 1. The van der Waals surface area contributed by atoms with Gasteiger partial charge in [-0.25, -0.2) is 0 Å². The van der Waals surface area contributed by atoms with Crippen molar-refractivity contribution in [1.82, 2.24) is 10.2 Å². The Balaban J connectivity index is 2.33. The van der Waals surface area contributed by atoms with Crippen LogP contribution in [0.15, 0.2) is 0 Å². The molecule has 1 aromatic heterocycles. The monoisotopic (exact) mass is 288 g/mol. The van der Waals surface area contributed by atoms with Crippen molar-refractivity contribution < 1.29 is 4.74 Å². The fourth-order valence-electron chi connectivity index (χ4n) is 3.13. The fraction of sp³-hybridized carbons (Fsp3) is 0.688. The SMILES string of the molecule is CCc1nnc(N2CCCC(COC)C2)c(C#N)c1CC. The molecule has 0 radical (unpaired) electrons. The lowest BCUT2D eigenvalue weighted by Gasteiger charge is -2.33. The summed E-state index contributed by atoms with van der Waals surface area (Å²) >= 11 is 0. The van der Waals surface area contributed by atoms with E-state index in [0.29, 0.717) is 11.5 Å². The van der Waals surface area contributed by atoms with Crippen LogP contribution in [0.3, 0.4) is 0 Å². The highest BCUT2D eigenvalue weighted by Gasteiger charge is 2.25. The van der Waals surface area contributed by atoms with Gasteiger partial charge in [-0.15, -0.1) is 5.10 Å². The first kappa shape index (κ1) is 15.7. The third kappa shape index (κ3) is 3.33. The summed E-state index contributed by atoms with van der Waals surface area (Å²) in [5.74, 6) is 1.26. The van der Waals surface area contributed by atoms with Crippen LogP contribution in [0.5, 0.6) is 0 Å². The number of nitrogens with zero attached hydrogens (tertiary/aromatic N) is 4. The Morgan fingerprint density at radius 3 is 2.76 bits per heavy atom. The molecule has 1 atom stereocenters. The molecule has 21 heavy (non-hydrogen) atoms. The summed E-state index contributed by atoms with van der Waals surface area (Å²) in [6.45, 7) is 6.73. The number of aromatic nitrogens is 2. The summed E-state index contributed by atoms with van der Waals surface area (Å²) < 4.78 is 5.28. The van der Waals surface area contributed by atoms with Gasteiger partial charge < -0.3 is 9.64 Å². The third-order valence-electron chi connectivity index (χ3n) is 4.16. The molecular weight excluding hydrogens is 264 g/mol. The van der Waals surface area contributed by atoms with Crippen LogP contribution in [0.4, 0.5) is 5.82 Å². The first-order valence-corrected chi connectivity index (χ1v) is 7.77. The van der Waals surface area contributed by atoms with Gasteiger partial charge in [0.1, 0.15) is 11.6 Å². The summed E-state index contributed by atoms with van der Waals surface area (Å²) in [7, 11) is 1.74. The van der Waals surface area contributed by atoms with E-state index in [1.54, 1.807) is 7.11 Å². The lowest BCUT2D eigenvalue weighted by molar-refractivity contribution is 0.143. The van der Waals surface area contributed by atoms with Gasteiger partial charge in [0.2, 0.25) is 0 Å². The molecule has 1 unspecified atom stereocenters. The molecule has 0 spiro atoms. The quantitative estimate of drug-likeness (QED) is 0.832. The Labute approximate surface area is 126 Å². The predicted octanol–water partition coefficient (Wildman–Crippen LogP) is 2.34. The van der Waals surface area contributed by atoms with E-state index in [4.69, 9.17) is 4.74 Å². The molecule has 1 aliphatic heterocycles. The van der Waals surface area contributed by atoms with Gasteiger partial charge in [-0.05, 0) is 37.2 Å². The van der Waals surface area contributed by atoms with E-state index in [1.165, 1.54) is 6.42 Å². The van der Waals surface area contributed by atoms with Crippen LogP contribution in [-0.2, 0) is 17.6 Å². The first-order valence-electron chi connectivity index (χ1n) is 7.77. The van der Waals surface area contributed by atoms with Gasteiger partial charge in [-0.2, -0.15) is 10.4 Å². The molecule has 0 aromatic carbocycles. The Bertz CT molecular complexity index is 522. The second-order valence-corrected chi connectivity index (χ2v) is 5.55. The van der Waals surface area contributed by atoms with Gasteiger partial charge in [0.05, 0.1) is 12.3 Å². The second kappa shape index (κ2) is 7.37. The van der Waals surface area contributed by atoms with Crippen molar-refractivity contribution in [1.29, 1.82) is 5.26 Å². The standard InChI is InChI=1S/C16H24N4O/c1-4-13-14(9-17)16(19-18-15(13)5-2)20-8-6-7-12(10-20)11-21-3/h12H,4-8,10-11H2,1-3H3. The van der Waals surface area contributed by atoms with Gasteiger partial charge >= 0.3 is 0 Å². The number of anilines is 1. The van der Waals surface area contributed by atoms with Gasteiger partial charge in [-0.1, -0.05) is 13.8 Å². The van der Waals surface area contributed by atoms with E-state index in [2.05, 4.69) is 35.0 Å². The number of hydrogen-bond donors (Lipinski definition) is 0. The van der Waals surface area contributed by atoms with Crippen LogP contribution in [0.25, 0.3) is 0 Å². The molecule has 114 valence electrons. The van der Waals surface area contributed by atoms with Gasteiger partial charge in [0, 0.05) is 20.2 Å². The largest absolute Gasteiger partial charge is 0.384 e. The van der Waals surface area contributed by atoms with Crippen molar-refractivity contribution in [3.8, 4) is 6.07 Å². The lowest BCUT2D eigenvalue weighted by Crippen LogP contribution is -2.38. The van der Waals surface area contributed by atoms with Crippen molar-refractivity contribution in [2.45, 2.75) is 39.5 Å². The molecule has 1 aromatic rings. The molecule has 5 nitrogen and oxygen atoms in total. The van der Waals surface area contributed by atoms with E-state index in [9.17, 15) is 5.26 Å². The van der Waals surface area contributed by atoms with Gasteiger partial charge in [0.25, 0.3) is 0 Å². The first-order chi connectivity index (χ1) is 10.2. The summed E-state index contributed by atoms with van der Waals surface area (Å²) in [4.78, 5) is 2.21. The van der Waals surface area contributed by atoms with Crippen LogP contribution in [0, 0.1) is 17.2 Å². The Kier molecular flexibility index (Phi) is 5.51. The minimum atomic E-state index is 0.507. The number of ether oxygens (including phenoxy) is 1. The topological polar surface area (TPSA) is 62.0 Å². The van der Waals surface area contributed by atoms with Crippen LogP contribution in [-0.4, -0.2) is 37.0 Å². The van der Waals surface area contributed by atoms with Crippen LogP contribution < -0.4 is 4.90 Å². The third-order valence-corrected chi connectivity index (χ3v) is 4.16. The molecule has 0 bridgehead atoms. The highest BCUT2D eigenvalue weighted by atomic mass is 16.5. The van der Waals surface area contributed by atoms with Gasteiger partial charge in [-0.3, -0.25) is 0 Å². The molecule has 0 saturated carbocycles. The maximum Gasteiger partial charge on any atom is 0.169 e. The van der Waals surface area contributed by atoms with Crippen LogP contribution in [0.2, 0.25) is 0 Å². The number of hydrogen-bond acceptors (Lipinski definition) is 5. The van der Waals surface area contributed by atoms with Crippen molar-refractivity contribution in [2.24, 2.45) is 5.92 Å². The van der Waals surface area contributed by atoms with E-state index < -0.39 is 0 Å². The van der Waals surface area contributed by atoms with Crippen LogP contribution in [0.1, 0.15) is 43.5 Å². The number of rotatable bonds is 5. The molecule has 5 heteroatoms. The molecule has 1 fully saturated rings. The zero-order chi connectivity index (χ0) is 15.2. The Morgan fingerprint density at radius 1 is 1.33 bits per heavy atom. The van der Waals surface area contributed by atoms with Crippen molar-refractivity contribution in [2.75, 3.05) is 31.7 Å². The fourth-order valence-corrected chi connectivity index (χ4v) is 3.13. The molecule has 0 N–H and O–H groups in total. The van der Waals surface area contributed by atoms with E-state index in [-0.39, 0.29) is 0 Å². The maximum atomic E-state index is 9.58. The number of piperidine rings is 1. The molecule has 2 heterocycles. The molecule has 1 aliphatic rings. The molecule has 0 aliphatic carbocycles. The van der Waals surface area contributed by atoms with Gasteiger partial charge in [0.15, 0.2) is 5.82 Å². The van der Waals surface area contributed by atoms with Crippen LogP contribution >= 0.6 is 0 Å². The highest BCUT2D eigenvalue weighted by molar-refractivity contribution is 5.58. The predicted molar refractivity (Wildman–Crippen MR) is 82.3 cm³/mol. The minimum Gasteiger partial charge on any atom is -0.384 e. The van der Waals surface area contributed by atoms with Crippen molar-refractivity contribution >= 4 is 5.82 Å². The summed E-state index contributed by atoms with van der Waals surface area (Å²) in [5, 5.41) is 18.3. The normalized spacial score (nSPS) is 18.6. The average Bonchev–Trinajstić information content (AvgIpc) is 2.53. The molecular formula is C16H24N4O. The zero-order valence-corrected chi connectivity index (χ0v) is 13.2. The molecule has 0 amide bonds. The summed E-state index contributed by atoms with van der Waals surface area (Å²) in [6.07, 6.45) is 3.92. The Morgan fingerprint density at radius 2 is 2.14 bits per heavy atom. The Hall–Kier alpha value is -1.67. The highest BCUT2D eigenvalue weighted by Crippen LogP contribution is 2.27. The lowest BCUT2D eigenvalue weighted by atomic mass is 9.97. The molecule has 2 rings (SSSR count). The summed E-state index contributed by atoms with van der Waals surface area (Å²) in [5.41, 5.74) is 2.71. The van der Waals surface area contributed by atoms with Crippen molar-refractivity contribution in [3.05, 3.63) is 16.8 Å². The average molecular weight is 288 g/mol. The summed E-state index contributed by atoms with van der Waals surface area (Å²) in [6, 6.07) is 2.36. The van der Waals surface area contributed by atoms with Crippen molar-refractivity contribution in [3.63, 3.8) is 0 Å². The number of aryl methyl sites for hydroxylation is 1. The molecule has 1 saturated heterocycles. The minimum absolute atomic E-state index is 0.507. The number of nitriles is 1. The second-order valence-electron chi connectivity index (χ2n) is 5.55. The smallest absolute Gasteiger partial charge is 0.169 e. The van der Waals surface area contributed by atoms with E-state index in [0.717, 1.165) is 56.0 Å².